The standard InChI is InChI=1S/C26H23NO5S/c1-4-31-25(29)19-9-7-18(8-10-19)22-12-11-21(32-22)14-23-24(28)27(26(30)33-23)15-20-6-5-16(2)13-17(20)3/h5-14H,4,15H2,1-3H3/b23-14+. The van der Waals surface area contributed by atoms with Gasteiger partial charge in [0, 0.05) is 11.6 Å². The van der Waals surface area contributed by atoms with Gasteiger partial charge < -0.3 is 9.15 Å². The largest absolute Gasteiger partial charge is 0.462 e. The summed E-state index contributed by atoms with van der Waals surface area (Å²) in [6.07, 6.45) is 1.59. The Balaban J connectivity index is 1.49. The molecule has 4 rings (SSSR count). The Hall–Kier alpha value is -3.58. The van der Waals surface area contributed by atoms with Gasteiger partial charge in [-0.2, -0.15) is 0 Å². The molecule has 0 saturated carbocycles. The summed E-state index contributed by atoms with van der Waals surface area (Å²) in [7, 11) is 0. The second-order valence-electron chi connectivity index (χ2n) is 7.70. The average molecular weight is 462 g/mol. The zero-order valence-corrected chi connectivity index (χ0v) is 19.4. The molecule has 0 radical (unpaired) electrons. The van der Waals surface area contributed by atoms with E-state index in [1.807, 2.05) is 32.0 Å². The van der Waals surface area contributed by atoms with Crippen molar-refractivity contribution in [2.45, 2.75) is 27.3 Å². The van der Waals surface area contributed by atoms with Gasteiger partial charge in [0.1, 0.15) is 11.5 Å². The van der Waals surface area contributed by atoms with E-state index in [4.69, 9.17) is 9.15 Å². The summed E-state index contributed by atoms with van der Waals surface area (Å²) in [6.45, 7) is 6.30. The van der Waals surface area contributed by atoms with Crippen molar-refractivity contribution < 1.29 is 23.5 Å². The zero-order chi connectivity index (χ0) is 23.5. The van der Waals surface area contributed by atoms with Gasteiger partial charge in [-0.05, 0) is 67.9 Å². The Bertz CT molecular complexity index is 1260. The lowest BCUT2D eigenvalue weighted by molar-refractivity contribution is -0.123. The molecule has 0 aliphatic carbocycles. The van der Waals surface area contributed by atoms with E-state index in [1.165, 1.54) is 4.90 Å². The number of nitrogens with zero attached hydrogens (tertiary/aromatic N) is 1. The number of amides is 2. The second-order valence-corrected chi connectivity index (χ2v) is 8.69. The van der Waals surface area contributed by atoms with Gasteiger partial charge in [-0.3, -0.25) is 14.5 Å². The van der Waals surface area contributed by atoms with E-state index >= 15 is 0 Å². The Morgan fingerprint density at radius 2 is 1.82 bits per heavy atom. The van der Waals surface area contributed by atoms with Crippen LogP contribution in [0.3, 0.4) is 0 Å². The predicted octanol–water partition coefficient (Wildman–Crippen LogP) is 5.98. The van der Waals surface area contributed by atoms with E-state index in [1.54, 1.807) is 49.4 Å². The summed E-state index contributed by atoms with van der Waals surface area (Å²) in [5, 5.41) is -0.299. The van der Waals surface area contributed by atoms with Gasteiger partial charge in [0.25, 0.3) is 11.1 Å². The third kappa shape index (κ3) is 4.93. The van der Waals surface area contributed by atoms with Gasteiger partial charge in [0.2, 0.25) is 0 Å². The fourth-order valence-electron chi connectivity index (χ4n) is 3.53. The summed E-state index contributed by atoms with van der Waals surface area (Å²) in [5.41, 5.74) is 4.36. The molecule has 1 aromatic heterocycles. The van der Waals surface area contributed by atoms with Gasteiger partial charge in [-0.1, -0.05) is 35.9 Å². The quantitative estimate of drug-likeness (QED) is 0.332. The molecule has 7 heteroatoms. The van der Waals surface area contributed by atoms with Crippen LogP contribution in [0.25, 0.3) is 17.4 Å². The van der Waals surface area contributed by atoms with Crippen LogP contribution in [0.4, 0.5) is 4.79 Å². The first-order chi connectivity index (χ1) is 15.9. The van der Waals surface area contributed by atoms with Crippen LogP contribution in [0.15, 0.2) is 63.9 Å². The Morgan fingerprint density at radius 1 is 1.06 bits per heavy atom. The predicted molar refractivity (Wildman–Crippen MR) is 128 cm³/mol. The van der Waals surface area contributed by atoms with Crippen molar-refractivity contribution in [2.24, 2.45) is 0 Å². The highest BCUT2D eigenvalue weighted by molar-refractivity contribution is 8.18. The van der Waals surface area contributed by atoms with Crippen molar-refractivity contribution in [3.05, 3.63) is 87.5 Å². The van der Waals surface area contributed by atoms with E-state index in [-0.39, 0.29) is 23.7 Å². The number of esters is 1. The fraction of sp³-hybridized carbons (Fsp3) is 0.192. The molecule has 33 heavy (non-hydrogen) atoms. The molecule has 0 unspecified atom stereocenters. The van der Waals surface area contributed by atoms with E-state index in [0.717, 1.165) is 34.0 Å². The first-order valence-corrected chi connectivity index (χ1v) is 11.4. The van der Waals surface area contributed by atoms with Crippen molar-refractivity contribution in [1.82, 2.24) is 4.90 Å². The number of hydrogen-bond donors (Lipinski definition) is 0. The highest BCUT2D eigenvalue weighted by atomic mass is 32.2. The maximum atomic E-state index is 12.9. The third-order valence-corrected chi connectivity index (χ3v) is 6.19. The SMILES string of the molecule is CCOC(=O)c1ccc(-c2ccc(/C=C3/SC(=O)N(Cc4ccc(C)cc4C)C3=O)o2)cc1. The number of imide groups is 1. The summed E-state index contributed by atoms with van der Waals surface area (Å²) in [6, 6.07) is 16.4. The van der Waals surface area contributed by atoms with Crippen LogP contribution >= 0.6 is 11.8 Å². The molecular formula is C26H23NO5S. The van der Waals surface area contributed by atoms with Gasteiger partial charge in [-0.15, -0.1) is 0 Å². The van der Waals surface area contributed by atoms with Gasteiger partial charge in [0.15, 0.2) is 0 Å². The van der Waals surface area contributed by atoms with Crippen LogP contribution in [-0.2, 0) is 16.1 Å². The summed E-state index contributed by atoms with van der Waals surface area (Å²) in [4.78, 5) is 38.7. The maximum absolute atomic E-state index is 12.9. The van der Waals surface area contributed by atoms with Gasteiger partial charge in [-0.25, -0.2) is 4.79 Å². The summed E-state index contributed by atoms with van der Waals surface area (Å²) >= 11 is 0.907. The molecule has 0 bridgehead atoms. The second kappa shape index (κ2) is 9.50. The number of carbonyl (C=O) groups excluding carboxylic acids is 3. The number of furan rings is 1. The smallest absolute Gasteiger partial charge is 0.338 e. The minimum absolute atomic E-state index is 0.240. The zero-order valence-electron chi connectivity index (χ0n) is 18.6. The molecular weight excluding hydrogens is 438 g/mol. The van der Waals surface area contributed by atoms with Crippen LogP contribution in [0.1, 0.15) is 39.7 Å². The molecule has 2 aromatic carbocycles. The minimum atomic E-state index is -0.374. The number of thioether (sulfide) groups is 1. The molecule has 6 nitrogen and oxygen atoms in total. The Labute approximate surface area is 196 Å². The number of rotatable bonds is 6. The molecule has 1 saturated heterocycles. The summed E-state index contributed by atoms with van der Waals surface area (Å²) in [5.74, 6) is 0.352. The topological polar surface area (TPSA) is 76.8 Å². The Kier molecular flexibility index (Phi) is 6.51. The number of benzene rings is 2. The van der Waals surface area contributed by atoms with Crippen LogP contribution in [0, 0.1) is 13.8 Å². The maximum Gasteiger partial charge on any atom is 0.338 e. The van der Waals surface area contributed by atoms with Crippen LogP contribution in [0.2, 0.25) is 0 Å². The molecule has 0 N–H and O–H groups in total. The number of aryl methyl sites for hydroxylation is 2. The highest BCUT2D eigenvalue weighted by Gasteiger charge is 2.35. The van der Waals surface area contributed by atoms with Crippen molar-refractivity contribution in [2.75, 3.05) is 6.61 Å². The number of hydrogen-bond acceptors (Lipinski definition) is 6. The lowest BCUT2D eigenvalue weighted by atomic mass is 10.1. The van der Waals surface area contributed by atoms with E-state index in [9.17, 15) is 14.4 Å². The van der Waals surface area contributed by atoms with Crippen molar-refractivity contribution in [1.29, 1.82) is 0 Å². The van der Waals surface area contributed by atoms with Crippen molar-refractivity contribution in [3.8, 4) is 11.3 Å². The van der Waals surface area contributed by atoms with Gasteiger partial charge in [0.05, 0.1) is 23.6 Å². The molecule has 0 atom stereocenters. The van der Waals surface area contributed by atoms with Crippen LogP contribution < -0.4 is 0 Å². The minimum Gasteiger partial charge on any atom is -0.462 e. The van der Waals surface area contributed by atoms with Crippen LogP contribution in [0.5, 0.6) is 0 Å². The lowest BCUT2D eigenvalue weighted by Gasteiger charge is -2.14. The third-order valence-electron chi connectivity index (χ3n) is 5.28. The molecule has 2 heterocycles. The molecule has 1 fully saturated rings. The van der Waals surface area contributed by atoms with Gasteiger partial charge >= 0.3 is 5.97 Å². The van der Waals surface area contributed by atoms with E-state index in [0.29, 0.717) is 28.6 Å². The van der Waals surface area contributed by atoms with E-state index in [2.05, 4.69) is 0 Å². The number of ether oxygens (including phenoxy) is 1. The molecule has 168 valence electrons. The Morgan fingerprint density at radius 3 is 2.52 bits per heavy atom. The molecule has 0 spiro atoms. The monoisotopic (exact) mass is 461 g/mol. The molecule has 2 amide bonds. The van der Waals surface area contributed by atoms with Crippen molar-refractivity contribution >= 4 is 35.0 Å². The summed E-state index contributed by atoms with van der Waals surface area (Å²) < 4.78 is 10.9. The normalized spacial score (nSPS) is 14.9. The fourth-order valence-corrected chi connectivity index (χ4v) is 4.35. The number of carbonyl (C=O) groups is 3. The highest BCUT2D eigenvalue weighted by Crippen LogP contribution is 2.34. The lowest BCUT2D eigenvalue weighted by Crippen LogP contribution is -2.27. The van der Waals surface area contributed by atoms with Crippen molar-refractivity contribution in [3.63, 3.8) is 0 Å². The molecule has 3 aromatic rings. The first kappa shape index (κ1) is 22.6. The molecule has 1 aliphatic rings. The van der Waals surface area contributed by atoms with E-state index < -0.39 is 0 Å². The van der Waals surface area contributed by atoms with Crippen LogP contribution in [-0.4, -0.2) is 28.6 Å². The average Bonchev–Trinajstić information content (AvgIpc) is 3.36. The first-order valence-electron chi connectivity index (χ1n) is 10.5. The molecule has 1 aliphatic heterocycles.